The van der Waals surface area contributed by atoms with Gasteiger partial charge in [-0.05, 0) is 11.6 Å². The minimum absolute atomic E-state index is 0.0655. The molecule has 0 fully saturated rings. The summed E-state index contributed by atoms with van der Waals surface area (Å²) in [5.41, 5.74) is 0.147. The summed E-state index contributed by atoms with van der Waals surface area (Å²) < 4.78 is 13.5. The van der Waals surface area contributed by atoms with Gasteiger partial charge in [-0.25, -0.2) is 9.37 Å². The Balaban J connectivity index is 2.34. The van der Waals surface area contributed by atoms with E-state index in [1.165, 1.54) is 18.3 Å². The Bertz CT molecular complexity index is 568. The van der Waals surface area contributed by atoms with Gasteiger partial charge in [-0.3, -0.25) is 4.79 Å². The van der Waals surface area contributed by atoms with E-state index >= 15 is 0 Å². The van der Waals surface area contributed by atoms with E-state index in [9.17, 15) is 9.18 Å². The van der Waals surface area contributed by atoms with Crippen molar-refractivity contribution in [2.24, 2.45) is 0 Å². The molecule has 1 aromatic heterocycles. The highest BCUT2D eigenvalue weighted by Gasteiger charge is 2.07. The lowest BCUT2D eigenvalue weighted by molar-refractivity contribution is 0.612. The van der Waals surface area contributed by atoms with Crippen molar-refractivity contribution in [1.29, 1.82) is 0 Å². The van der Waals surface area contributed by atoms with Gasteiger partial charge in [0.2, 0.25) is 0 Å². The van der Waals surface area contributed by atoms with Crippen LogP contribution in [-0.4, -0.2) is 9.97 Å². The molecule has 0 saturated carbocycles. The normalized spacial score (nSPS) is 10.4. The fourth-order valence-electron chi connectivity index (χ4n) is 1.37. The first-order valence-corrected chi connectivity index (χ1v) is 5.01. The zero-order chi connectivity index (χ0) is 11.5. The molecule has 0 radical (unpaired) electrons. The summed E-state index contributed by atoms with van der Waals surface area (Å²) in [5.74, 6) is -0.0654. The van der Waals surface area contributed by atoms with Crippen molar-refractivity contribution in [3.05, 3.63) is 63.0 Å². The predicted molar refractivity (Wildman–Crippen MR) is 59.1 cm³/mol. The van der Waals surface area contributed by atoms with Crippen LogP contribution in [0.4, 0.5) is 4.39 Å². The molecule has 0 aliphatic heterocycles. The van der Waals surface area contributed by atoms with Crippen molar-refractivity contribution in [3.63, 3.8) is 0 Å². The van der Waals surface area contributed by atoms with Crippen molar-refractivity contribution in [3.8, 4) is 0 Å². The Morgan fingerprint density at radius 1 is 1.38 bits per heavy atom. The van der Waals surface area contributed by atoms with Gasteiger partial charge in [0, 0.05) is 18.7 Å². The van der Waals surface area contributed by atoms with Gasteiger partial charge in [0.15, 0.2) is 0 Å². The fraction of sp³-hybridized carbons (Fsp3) is 0.0909. The average Bonchev–Trinajstić information content (AvgIpc) is 2.25. The van der Waals surface area contributed by atoms with E-state index in [1.54, 1.807) is 12.1 Å². The van der Waals surface area contributed by atoms with Crippen molar-refractivity contribution < 1.29 is 4.39 Å². The van der Waals surface area contributed by atoms with Gasteiger partial charge in [-0.2, -0.15) is 0 Å². The summed E-state index contributed by atoms with van der Waals surface area (Å²) in [6, 6.07) is 6.04. The van der Waals surface area contributed by atoms with E-state index in [0.717, 1.165) is 0 Å². The van der Waals surface area contributed by atoms with Crippen LogP contribution in [0.5, 0.6) is 0 Å². The summed E-state index contributed by atoms with van der Waals surface area (Å²) in [7, 11) is 0. The Hall–Kier alpha value is -1.68. The Morgan fingerprint density at radius 3 is 2.94 bits per heavy atom. The Kier molecular flexibility index (Phi) is 3.01. The summed E-state index contributed by atoms with van der Waals surface area (Å²) >= 11 is 5.64. The van der Waals surface area contributed by atoms with Crippen LogP contribution in [-0.2, 0) is 6.42 Å². The second kappa shape index (κ2) is 4.45. The second-order valence-electron chi connectivity index (χ2n) is 3.27. The van der Waals surface area contributed by atoms with Gasteiger partial charge in [-0.1, -0.05) is 23.7 Å². The lowest BCUT2D eigenvalue weighted by Gasteiger charge is -2.03. The summed E-state index contributed by atoms with van der Waals surface area (Å²) in [4.78, 5) is 17.5. The van der Waals surface area contributed by atoms with Crippen LogP contribution in [0.25, 0.3) is 0 Å². The number of nitrogens with one attached hydrogen (secondary N) is 1. The van der Waals surface area contributed by atoms with Crippen LogP contribution >= 0.6 is 11.6 Å². The number of halogens is 2. The molecule has 1 N–H and O–H groups in total. The van der Waals surface area contributed by atoms with E-state index in [-0.39, 0.29) is 17.0 Å². The van der Waals surface area contributed by atoms with Gasteiger partial charge in [0.05, 0.1) is 5.02 Å². The number of aromatic amines is 1. The van der Waals surface area contributed by atoms with Crippen LogP contribution in [0.3, 0.4) is 0 Å². The third kappa shape index (κ3) is 2.28. The van der Waals surface area contributed by atoms with Gasteiger partial charge >= 0.3 is 0 Å². The van der Waals surface area contributed by atoms with Crippen molar-refractivity contribution >= 4 is 11.6 Å². The number of benzene rings is 1. The van der Waals surface area contributed by atoms with Gasteiger partial charge in [0.25, 0.3) is 5.56 Å². The fourth-order valence-corrected chi connectivity index (χ4v) is 1.56. The zero-order valence-electron chi connectivity index (χ0n) is 8.21. The lowest BCUT2D eigenvalue weighted by atomic mass is 10.1. The monoisotopic (exact) mass is 238 g/mol. The number of rotatable bonds is 2. The molecule has 0 atom stereocenters. The smallest absolute Gasteiger partial charge is 0.250 e. The van der Waals surface area contributed by atoms with Crippen LogP contribution in [0, 0.1) is 5.82 Å². The summed E-state index contributed by atoms with van der Waals surface area (Å²) in [5, 5.41) is 0.0655. The molecule has 0 saturated heterocycles. The first-order valence-electron chi connectivity index (χ1n) is 4.64. The van der Waals surface area contributed by atoms with Crippen molar-refractivity contribution in [1.82, 2.24) is 9.97 Å². The molecule has 5 heteroatoms. The molecule has 82 valence electrons. The maximum atomic E-state index is 13.5. The van der Waals surface area contributed by atoms with Crippen LogP contribution in [0.1, 0.15) is 11.4 Å². The molecule has 1 aromatic carbocycles. The van der Waals surface area contributed by atoms with Gasteiger partial charge < -0.3 is 4.98 Å². The van der Waals surface area contributed by atoms with Crippen LogP contribution < -0.4 is 5.56 Å². The molecule has 0 amide bonds. The Morgan fingerprint density at radius 2 is 2.19 bits per heavy atom. The largest absolute Gasteiger partial charge is 0.310 e. The topological polar surface area (TPSA) is 45.8 Å². The molecule has 0 aliphatic rings. The Labute approximate surface area is 95.9 Å². The molecule has 2 rings (SSSR count). The third-order valence-corrected chi connectivity index (χ3v) is 2.41. The van der Waals surface area contributed by atoms with Crippen molar-refractivity contribution in [2.45, 2.75) is 6.42 Å². The van der Waals surface area contributed by atoms with Crippen molar-refractivity contribution in [2.75, 3.05) is 0 Å². The summed E-state index contributed by atoms with van der Waals surface area (Å²) in [6.45, 7) is 0. The standard InChI is InChI=1S/C11H8ClFN2O/c12-8-3-1-2-7(11(8)13)6-9-14-5-4-10(16)15-9/h1-5H,6H2,(H,14,15,16). The van der Waals surface area contributed by atoms with Crippen LogP contribution in [0.2, 0.25) is 5.02 Å². The number of H-pyrrole nitrogens is 1. The highest BCUT2D eigenvalue weighted by Crippen LogP contribution is 2.19. The highest BCUT2D eigenvalue weighted by molar-refractivity contribution is 6.30. The average molecular weight is 239 g/mol. The minimum Gasteiger partial charge on any atom is -0.310 e. The maximum Gasteiger partial charge on any atom is 0.250 e. The van der Waals surface area contributed by atoms with Crippen LogP contribution in [0.15, 0.2) is 35.3 Å². The molecule has 2 aromatic rings. The predicted octanol–water partition coefficient (Wildman–Crippen LogP) is 2.15. The molecular weight excluding hydrogens is 231 g/mol. The first-order chi connectivity index (χ1) is 7.66. The molecule has 0 unspecified atom stereocenters. The van der Waals surface area contributed by atoms with E-state index in [1.807, 2.05) is 0 Å². The molecule has 16 heavy (non-hydrogen) atoms. The lowest BCUT2D eigenvalue weighted by Crippen LogP contribution is -2.09. The molecule has 1 heterocycles. The SMILES string of the molecule is O=c1ccnc(Cc2cccc(Cl)c2F)[nH]1. The van der Waals surface area contributed by atoms with Gasteiger partial charge in [-0.15, -0.1) is 0 Å². The number of hydrogen-bond donors (Lipinski definition) is 1. The molecule has 0 aliphatic carbocycles. The summed E-state index contributed by atoms with van der Waals surface area (Å²) in [6.07, 6.45) is 1.60. The quantitative estimate of drug-likeness (QED) is 0.872. The van der Waals surface area contributed by atoms with Gasteiger partial charge in [0.1, 0.15) is 11.6 Å². The zero-order valence-corrected chi connectivity index (χ0v) is 8.96. The number of hydrogen-bond acceptors (Lipinski definition) is 2. The molecular formula is C11H8ClFN2O. The van der Waals surface area contributed by atoms with E-state index in [2.05, 4.69) is 9.97 Å². The van der Waals surface area contributed by atoms with E-state index in [4.69, 9.17) is 11.6 Å². The highest BCUT2D eigenvalue weighted by atomic mass is 35.5. The molecule has 0 bridgehead atoms. The maximum absolute atomic E-state index is 13.5. The van der Waals surface area contributed by atoms with E-state index < -0.39 is 5.82 Å². The number of aromatic nitrogens is 2. The van der Waals surface area contributed by atoms with E-state index in [0.29, 0.717) is 11.4 Å². The minimum atomic E-state index is -0.476. The first kappa shape index (κ1) is 10.8. The molecule has 0 spiro atoms. The second-order valence-corrected chi connectivity index (χ2v) is 3.68. The molecule has 3 nitrogen and oxygen atoms in total. The third-order valence-electron chi connectivity index (χ3n) is 2.11. The number of nitrogens with zero attached hydrogens (tertiary/aromatic N) is 1.